The van der Waals surface area contributed by atoms with Gasteiger partial charge < -0.3 is 4.74 Å². The lowest BCUT2D eigenvalue weighted by Gasteiger charge is -2.14. The van der Waals surface area contributed by atoms with Crippen LogP contribution in [0, 0.1) is 3.57 Å². The van der Waals surface area contributed by atoms with Gasteiger partial charge in [-0.1, -0.05) is 60.1 Å². The standard InChI is InChI=1S/C26H23BrIN3O2/c1-3-17(2)25-30-23-11-10-20(27)14-21(23)26(32)31(25)29-15-19-9-12-24(22(28)13-19)33-16-18-7-5-4-6-8-18/h4-15,17H,3,16H2,1-2H3/t17-/m1/s1. The number of rotatable bonds is 7. The third-order valence-electron chi connectivity index (χ3n) is 5.40. The van der Waals surface area contributed by atoms with Gasteiger partial charge in [0, 0.05) is 10.4 Å². The van der Waals surface area contributed by atoms with Crippen molar-refractivity contribution in [3.8, 4) is 5.75 Å². The van der Waals surface area contributed by atoms with Crippen LogP contribution in [0.1, 0.15) is 43.1 Å². The predicted octanol–water partition coefficient (Wildman–Crippen LogP) is 6.74. The average Bonchev–Trinajstić information content (AvgIpc) is 2.83. The molecule has 1 heterocycles. The largest absolute Gasteiger partial charge is 0.488 e. The lowest BCUT2D eigenvalue weighted by molar-refractivity contribution is 0.304. The molecule has 4 rings (SSSR count). The van der Waals surface area contributed by atoms with Crippen molar-refractivity contribution in [1.82, 2.24) is 9.66 Å². The summed E-state index contributed by atoms with van der Waals surface area (Å²) in [7, 11) is 0. The summed E-state index contributed by atoms with van der Waals surface area (Å²) in [6.07, 6.45) is 2.55. The molecule has 0 unspecified atom stereocenters. The maximum absolute atomic E-state index is 13.3. The van der Waals surface area contributed by atoms with Crippen molar-refractivity contribution in [1.29, 1.82) is 0 Å². The molecule has 0 aliphatic heterocycles. The number of hydrogen-bond acceptors (Lipinski definition) is 4. The van der Waals surface area contributed by atoms with E-state index in [2.05, 4.69) is 57.5 Å². The van der Waals surface area contributed by atoms with Gasteiger partial charge in [0.1, 0.15) is 18.2 Å². The number of halogens is 2. The van der Waals surface area contributed by atoms with Gasteiger partial charge >= 0.3 is 0 Å². The number of fused-ring (bicyclic) bond motifs is 1. The van der Waals surface area contributed by atoms with Crippen LogP contribution in [-0.4, -0.2) is 15.9 Å². The van der Waals surface area contributed by atoms with Gasteiger partial charge in [0.15, 0.2) is 0 Å². The second-order valence-electron chi connectivity index (χ2n) is 7.77. The summed E-state index contributed by atoms with van der Waals surface area (Å²) in [4.78, 5) is 18.0. The molecule has 0 spiro atoms. The van der Waals surface area contributed by atoms with Crippen LogP contribution >= 0.6 is 38.5 Å². The van der Waals surface area contributed by atoms with Crippen molar-refractivity contribution in [3.63, 3.8) is 0 Å². The van der Waals surface area contributed by atoms with Crippen LogP contribution in [-0.2, 0) is 6.61 Å². The molecular weight excluding hydrogens is 593 g/mol. The molecule has 0 N–H and O–H groups in total. The molecule has 4 aromatic rings. The van der Waals surface area contributed by atoms with E-state index in [-0.39, 0.29) is 11.5 Å². The van der Waals surface area contributed by atoms with Crippen LogP contribution in [0.3, 0.4) is 0 Å². The van der Waals surface area contributed by atoms with E-state index in [1.54, 1.807) is 12.3 Å². The van der Waals surface area contributed by atoms with Gasteiger partial charge in [-0.15, -0.1) is 0 Å². The molecular formula is C26H23BrIN3O2. The Bertz CT molecular complexity index is 1370. The summed E-state index contributed by atoms with van der Waals surface area (Å²) < 4.78 is 9.20. The number of nitrogens with zero attached hydrogens (tertiary/aromatic N) is 3. The summed E-state index contributed by atoms with van der Waals surface area (Å²) >= 11 is 5.70. The molecule has 0 radical (unpaired) electrons. The molecule has 0 aliphatic rings. The van der Waals surface area contributed by atoms with Crippen LogP contribution in [0.25, 0.3) is 10.9 Å². The first-order valence-electron chi connectivity index (χ1n) is 10.7. The van der Waals surface area contributed by atoms with Gasteiger partial charge in [0.2, 0.25) is 0 Å². The Balaban J connectivity index is 1.64. The molecule has 7 heteroatoms. The molecule has 0 amide bonds. The molecule has 33 heavy (non-hydrogen) atoms. The van der Waals surface area contributed by atoms with Crippen LogP contribution in [0.15, 0.2) is 81.1 Å². The van der Waals surface area contributed by atoms with Crippen molar-refractivity contribution in [2.24, 2.45) is 5.10 Å². The summed E-state index contributed by atoms with van der Waals surface area (Å²) in [5.74, 6) is 1.56. The number of aromatic nitrogens is 2. The molecule has 1 aromatic heterocycles. The first-order valence-corrected chi connectivity index (χ1v) is 12.6. The molecule has 1 atom stereocenters. The smallest absolute Gasteiger partial charge is 0.282 e. The van der Waals surface area contributed by atoms with E-state index in [0.717, 1.165) is 31.3 Å². The Labute approximate surface area is 214 Å². The van der Waals surface area contributed by atoms with E-state index in [0.29, 0.717) is 23.3 Å². The summed E-state index contributed by atoms with van der Waals surface area (Å²) in [5.41, 5.74) is 2.50. The monoisotopic (exact) mass is 615 g/mol. The van der Waals surface area contributed by atoms with Crippen molar-refractivity contribution in [2.45, 2.75) is 32.8 Å². The highest BCUT2D eigenvalue weighted by molar-refractivity contribution is 14.1. The van der Waals surface area contributed by atoms with Crippen LogP contribution in [0.2, 0.25) is 0 Å². The fraction of sp³-hybridized carbons (Fsp3) is 0.192. The maximum atomic E-state index is 13.3. The van der Waals surface area contributed by atoms with Crippen LogP contribution in [0.5, 0.6) is 5.75 Å². The lowest BCUT2D eigenvalue weighted by atomic mass is 10.1. The second kappa shape index (κ2) is 10.6. The summed E-state index contributed by atoms with van der Waals surface area (Å²) in [6.45, 7) is 4.64. The lowest BCUT2D eigenvalue weighted by Crippen LogP contribution is -2.23. The van der Waals surface area contributed by atoms with Gasteiger partial charge in [0.05, 0.1) is 20.7 Å². The van der Waals surface area contributed by atoms with Crippen molar-refractivity contribution in [3.05, 3.63) is 102 Å². The number of hydrogen-bond donors (Lipinski definition) is 0. The van der Waals surface area contributed by atoms with Gasteiger partial charge in [-0.25, -0.2) is 4.98 Å². The minimum Gasteiger partial charge on any atom is -0.488 e. The quantitative estimate of drug-likeness (QED) is 0.171. The normalized spacial score (nSPS) is 12.4. The maximum Gasteiger partial charge on any atom is 0.282 e. The summed E-state index contributed by atoms with van der Waals surface area (Å²) in [5, 5.41) is 5.08. The first kappa shape index (κ1) is 23.6. The number of ether oxygens (including phenoxy) is 1. The zero-order valence-electron chi connectivity index (χ0n) is 18.3. The van der Waals surface area contributed by atoms with E-state index >= 15 is 0 Å². The van der Waals surface area contributed by atoms with E-state index in [4.69, 9.17) is 9.72 Å². The fourth-order valence-electron chi connectivity index (χ4n) is 3.35. The first-order chi connectivity index (χ1) is 16.0. The minimum atomic E-state index is -0.176. The van der Waals surface area contributed by atoms with Gasteiger partial charge in [-0.05, 0) is 76.5 Å². The minimum absolute atomic E-state index is 0.0943. The third-order valence-corrected chi connectivity index (χ3v) is 6.74. The third kappa shape index (κ3) is 5.52. The molecule has 3 aromatic carbocycles. The highest BCUT2D eigenvalue weighted by Gasteiger charge is 2.15. The van der Waals surface area contributed by atoms with Gasteiger partial charge in [0.25, 0.3) is 5.56 Å². The van der Waals surface area contributed by atoms with Gasteiger partial charge in [-0.3, -0.25) is 4.79 Å². The Morgan fingerprint density at radius 3 is 2.67 bits per heavy atom. The van der Waals surface area contributed by atoms with Crippen molar-refractivity contribution < 1.29 is 4.74 Å². The molecule has 0 saturated carbocycles. The Hall–Kier alpha value is -2.52. The fourth-order valence-corrected chi connectivity index (χ4v) is 4.41. The molecule has 0 aliphatic carbocycles. The van der Waals surface area contributed by atoms with Crippen molar-refractivity contribution >= 4 is 55.6 Å². The Kier molecular flexibility index (Phi) is 7.60. The van der Waals surface area contributed by atoms with Gasteiger partial charge in [-0.2, -0.15) is 9.78 Å². The number of benzene rings is 3. The molecule has 0 saturated heterocycles. The molecule has 168 valence electrons. The van der Waals surface area contributed by atoms with Crippen LogP contribution in [0.4, 0.5) is 0 Å². The second-order valence-corrected chi connectivity index (χ2v) is 9.84. The predicted molar refractivity (Wildman–Crippen MR) is 145 cm³/mol. The highest BCUT2D eigenvalue weighted by atomic mass is 127. The average molecular weight is 616 g/mol. The topological polar surface area (TPSA) is 56.5 Å². The van der Waals surface area contributed by atoms with Crippen LogP contribution < -0.4 is 10.3 Å². The van der Waals surface area contributed by atoms with Crippen molar-refractivity contribution in [2.75, 3.05) is 0 Å². The van der Waals surface area contributed by atoms with E-state index in [9.17, 15) is 4.79 Å². The summed E-state index contributed by atoms with van der Waals surface area (Å²) in [6, 6.07) is 21.5. The zero-order valence-corrected chi connectivity index (χ0v) is 22.1. The van der Waals surface area contributed by atoms with E-state index in [1.807, 2.05) is 60.7 Å². The zero-order chi connectivity index (χ0) is 23.4. The van der Waals surface area contributed by atoms with E-state index < -0.39 is 0 Å². The Morgan fingerprint density at radius 1 is 1.15 bits per heavy atom. The SMILES string of the molecule is CC[C@@H](C)c1nc2ccc(Br)cc2c(=O)n1N=Cc1ccc(OCc2ccccc2)c(I)c1. The molecule has 0 fully saturated rings. The molecule has 0 bridgehead atoms. The molecule has 5 nitrogen and oxygen atoms in total. The van der Waals surface area contributed by atoms with E-state index in [1.165, 1.54) is 4.68 Å². The Morgan fingerprint density at radius 2 is 1.94 bits per heavy atom. The highest BCUT2D eigenvalue weighted by Crippen LogP contribution is 2.23.